The molecule has 3 N–H and O–H groups in total. The molecule has 1 aliphatic carbocycles. The topological polar surface area (TPSA) is 64.7 Å². The fraction of sp³-hybridized carbons (Fsp3) is 0.217. The minimum absolute atomic E-state index is 0.263. The lowest BCUT2D eigenvalue weighted by Crippen LogP contribution is -2.19. The SMILES string of the molecule is NCC1=CC(OCc2ccccc2)=C(OCc2ccccc2)C=CCC1O. The molecule has 2 aromatic rings. The third-order valence-corrected chi connectivity index (χ3v) is 4.33. The van der Waals surface area contributed by atoms with Crippen LogP contribution in [0.25, 0.3) is 0 Å². The Morgan fingerprint density at radius 1 is 0.852 bits per heavy atom. The van der Waals surface area contributed by atoms with Crippen LogP contribution in [0.1, 0.15) is 17.5 Å². The molecule has 0 aliphatic heterocycles. The Labute approximate surface area is 160 Å². The molecule has 0 spiro atoms. The molecule has 1 atom stereocenters. The minimum atomic E-state index is -0.614. The van der Waals surface area contributed by atoms with E-state index in [-0.39, 0.29) is 6.54 Å². The Bertz CT molecular complexity index is 810. The lowest BCUT2D eigenvalue weighted by Gasteiger charge is -2.19. The van der Waals surface area contributed by atoms with Gasteiger partial charge in [0.25, 0.3) is 0 Å². The lowest BCUT2D eigenvalue weighted by molar-refractivity contribution is 0.152. The molecule has 0 saturated heterocycles. The maximum atomic E-state index is 10.3. The number of benzene rings is 2. The van der Waals surface area contributed by atoms with Gasteiger partial charge in [-0.25, -0.2) is 0 Å². The molecule has 1 unspecified atom stereocenters. The first-order chi connectivity index (χ1) is 13.3. The highest BCUT2D eigenvalue weighted by atomic mass is 16.5. The first-order valence-electron chi connectivity index (χ1n) is 9.09. The van der Waals surface area contributed by atoms with Crippen LogP contribution in [0.2, 0.25) is 0 Å². The van der Waals surface area contributed by atoms with Crippen LogP contribution in [0.5, 0.6) is 0 Å². The number of aliphatic hydroxyl groups excluding tert-OH is 1. The second kappa shape index (κ2) is 9.76. The highest BCUT2D eigenvalue weighted by Gasteiger charge is 2.15. The summed E-state index contributed by atoms with van der Waals surface area (Å²) in [5.74, 6) is 1.21. The Hall–Kier alpha value is -2.82. The largest absolute Gasteiger partial charge is 0.485 e. The molecule has 140 valence electrons. The van der Waals surface area contributed by atoms with E-state index in [9.17, 15) is 5.11 Å². The van der Waals surface area contributed by atoms with Gasteiger partial charge in [0.15, 0.2) is 11.5 Å². The highest BCUT2D eigenvalue weighted by Crippen LogP contribution is 2.22. The van der Waals surface area contributed by atoms with E-state index in [0.29, 0.717) is 31.2 Å². The van der Waals surface area contributed by atoms with Gasteiger partial charge in [-0.15, -0.1) is 0 Å². The van der Waals surface area contributed by atoms with Gasteiger partial charge in [-0.1, -0.05) is 66.7 Å². The van der Waals surface area contributed by atoms with Gasteiger partial charge in [-0.2, -0.15) is 0 Å². The van der Waals surface area contributed by atoms with Crippen molar-refractivity contribution in [3.8, 4) is 0 Å². The summed E-state index contributed by atoms with van der Waals surface area (Å²) in [6.45, 7) is 1.11. The van der Waals surface area contributed by atoms with E-state index in [1.807, 2.05) is 72.8 Å². The Kier molecular flexibility index (Phi) is 6.85. The molecule has 4 heteroatoms. The Balaban J connectivity index is 1.84. The second-order valence-corrected chi connectivity index (χ2v) is 6.35. The molecule has 2 aromatic carbocycles. The van der Waals surface area contributed by atoms with E-state index in [1.54, 1.807) is 6.08 Å². The zero-order valence-corrected chi connectivity index (χ0v) is 15.3. The fourth-order valence-electron chi connectivity index (χ4n) is 2.77. The van der Waals surface area contributed by atoms with Crippen molar-refractivity contribution in [3.05, 3.63) is 107 Å². The van der Waals surface area contributed by atoms with Crippen molar-refractivity contribution in [1.82, 2.24) is 0 Å². The molecule has 1 aliphatic rings. The summed E-state index contributed by atoms with van der Waals surface area (Å²) in [7, 11) is 0. The third-order valence-electron chi connectivity index (χ3n) is 4.33. The second-order valence-electron chi connectivity index (χ2n) is 6.35. The van der Waals surface area contributed by atoms with Crippen LogP contribution in [0.3, 0.4) is 0 Å². The molecular formula is C23H25NO3. The molecular weight excluding hydrogens is 338 g/mol. The normalized spacial score (nSPS) is 17.1. The Morgan fingerprint density at radius 2 is 1.41 bits per heavy atom. The van der Waals surface area contributed by atoms with E-state index in [4.69, 9.17) is 15.2 Å². The van der Waals surface area contributed by atoms with Gasteiger partial charge in [0.2, 0.25) is 0 Å². The van der Waals surface area contributed by atoms with Gasteiger partial charge in [0.1, 0.15) is 13.2 Å². The summed E-state index contributed by atoms with van der Waals surface area (Å²) in [4.78, 5) is 0. The average molecular weight is 363 g/mol. The molecule has 0 aromatic heterocycles. The van der Waals surface area contributed by atoms with Crippen molar-refractivity contribution in [2.24, 2.45) is 5.73 Å². The van der Waals surface area contributed by atoms with Crippen molar-refractivity contribution in [2.75, 3.05) is 6.54 Å². The quantitative estimate of drug-likeness (QED) is 0.784. The molecule has 0 saturated carbocycles. The molecule has 4 nitrogen and oxygen atoms in total. The van der Waals surface area contributed by atoms with E-state index in [2.05, 4.69) is 0 Å². The number of allylic oxidation sites excluding steroid dienone is 2. The standard InChI is InChI=1S/C23H25NO3/c24-15-20-14-23(27-17-19-10-5-2-6-11-19)22(13-7-12-21(20)25)26-16-18-8-3-1-4-9-18/h1-11,13-14,21,25H,12,15-17,24H2. The van der Waals surface area contributed by atoms with Crippen molar-refractivity contribution >= 4 is 0 Å². The number of aliphatic hydroxyl groups is 1. The summed E-state index contributed by atoms with van der Waals surface area (Å²) in [5.41, 5.74) is 8.68. The van der Waals surface area contributed by atoms with Crippen LogP contribution in [0.15, 0.2) is 96.0 Å². The summed E-state index contributed by atoms with van der Waals surface area (Å²) in [5, 5.41) is 10.3. The Morgan fingerprint density at radius 3 is 1.96 bits per heavy atom. The van der Waals surface area contributed by atoms with Crippen LogP contribution >= 0.6 is 0 Å². The van der Waals surface area contributed by atoms with Crippen molar-refractivity contribution < 1.29 is 14.6 Å². The predicted octanol–water partition coefficient (Wildman–Crippen LogP) is 3.84. The van der Waals surface area contributed by atoms with E-state index < -0.39 is 6.10 Å². The number of ether oxygens (including phenoxy) is 2. The molecule has 0 radical (unpaired) electrons. The maximum absolute atomic E-state index is 10.3. The smallest absolute Gasteiger partial charge is 0.161 e. The first-order valence-corrected chi connectivity index (χ1v) is 9.09. The summed E-state index contributed by atoms with van der Waals surface area (Å²) in [6.07, 6.45) is 5.43. The number of rotatable bonds is 7. The maximum Gasteiger partial charge on any atom is 0.161 e. The van der Waals surface area contributed by atoms with Crippen LogP contribution in [-0.4, -0.2) is 17.8 Å². The number of hydrogen-bond donors (Lipinski definition) is 2. The minimum Gasteiger partial charge on any atom is -0.485 e. The van der Waals surface area contributed by atoms with Gasteiger partial charge in [-0.05, 0) is 35.3 Å². The van der Waals surface area contributed by atoms with E-state index in [1.165, 1.54) is 0 Å². The first kappa shape index (κ1) is 19.0. The monoisotopic (exact) mass is 363 g/mol. The van der Waals surface area contributed by atoms with Crippen LogP contribution < -0.4 is 5.73 Å². The zero-order valence-electron chi connectivity index (χ0n) is 15.3. The molecule has 27 heavy (non-hydrogen) atoms. The summed E-state index contributed by atoms with van der Waals surface area (Å²) in [6, 6.07) is 19.9. The van der Waals surface area contributed by atoms with Crippen LogP contribution in [-0.2, 0) is 22.7 Å². The third kappa shape index (κ3) is 5.58. The van der Waals surface area contributed by atoms with Crippen molar-refractivity contribution in [2.45, 2.75) is 25.7 Å². The number of nitrogens with two attached hydrogens (primary N) is 1. The van der Waals surface area contributed by atoms with Crippen LogP contribution in [0, 0.1) is 0 Å². The highest BCUT2D eigenvalue weighted by molar-refractivity contribution is 5.32. The van der Waals surface area contributed by atoms with Crippen LogP contribution in [0.4, 0.5) is 0 Å². The number of hydrogen-bond acceptors (Lipinski definition) is 4. The van der Waals surface area contributed by atoms with Crippen molar-refractivity contribution in [1.29, 1.82) is 0 Å². The van der Waals surface area contributed by atoms with E-state index in [0.717, 1.165) is 16.7 Å². The predicted molar refractivity (Wildman–Crippen MR) is 106 cm³/mol. The average Bonchev–Trinajstić information content (AvgIpc) is 2.71. The molecule has 0 fully saturated rings. The zero-order chi connectivity index (χ0) is 18.9. The molecule has 0 heterocycles. The van der Waals surface area contributed by atoms with Crippen molar-refractivity contribution in [3.63, 3.8) is 0 Å². The molecule has 0 amide bonds. The van der Waals surface area contributed by atoms with Gasteiger partial charge < -0.3 is 20.3 Å². The van der Waals surface area contributed by atoms with Gasteiger partial charge in [0, 0.05) is 6.54 Å². The van der Waals surface area contributed by atoms with E-state index >= 15 is 0 Å². The molecule has 0 bridgehead atoms. The van der Waals surface area contributed by atoms with Gasteiger partial charge in [0.05, 0.1) is 6.10 Å². The summed E-state index contributed by atoms with van der Waals surface area (Å²) >= 11 is 0. The lowest BCUT2D eigenvalue weighted by atomic mass is 10.0. The molecule has 3 rings (SSSR count). The van der Waals surface area contributed by atoms with Gasteiger partial charge >= 0.3 is 0 Å². The fourth-order valence-corrected chi connectivity index (χ4v) is 2.77. The summed E-state index contributed by atoms with van der Waals surface area (Å²) < 4.78 is 12.1. The van der Waals surface area contributed by atoms with Gasteiger partial charge in [-0.3, -0.25) is 0 Å².